The Morgan fingerprint density at radius 3 is 2.33 bits per heavy atom. The summed E-state index contributed by atoms with van der Waals surface area (Å²) in [6.45, 7) is 1.87. The Morgan fingerprint density at radius 1 is 1.07 bits per heavy atom. The van der Waals surface area contributed by atoms with E-state index < -0.39 is 17.8 Å². The van der Waals surface area contributed by atoms with Crippen LogP contribution in [0.25, 0.3) is 0 Å². The van der Waals surface area contributed by atoms with Gasteiger partial charge in [-0.15, -0.1) is 5.10 Å². The lowest BCUT2D eigenvalue weighted by molar-refractivity contribution is -0.139. The molecule has 30 heavy (non-hydrogen) atoms. The van der Waals surface area contributed by atoms with Crippen LogP contribution in [0.2, 0.25) is 0 Å². The summed E-state index contributed by atoms with van der Waals surface area (Å²) < 4.78 is 11.9. The molecule has 1 aliphatic heterocycles. The molecule has 0 saturated heterocycles. The summed E-state index contributed by atoms with van der Waals surface area (Å²) in [6, 6.07) is 17.8. The second-order valence-electron chi connectivity index (χ2n) is 6.63. The molecule has 0 fully saturated rings. The molecule has 3 aromatic rings. The molecule has 152 valence electrons. The Morgan fingerprint density at radius 2 is 1.70 bits per heavy atom. The van der Waals surface area contributed by atoms with Crippen molar-refractivity contribution in [1.82, 2.24) is 9.78 Å². The maximum Gasteiger partial charge on any atom is 0.340 e. The van der Waals surface area contributed by atoms with Crippen molar-refractivity contribution in [2.45, 2.75) is 12.8 Å². The molecular weight excluding hydrogens is 384 g/mol. The van der Waals surface area contributed by atoms with E-state index >= 15 is 0 Å². The van der Waals surface area contributed by atoms with E-state index in [9.17, 15) is 9.59 Å². The summed E-state index contributed by atoms with van der Waals surface area (Å²) in [5.41, 5.74) is 14.1. The van der Waals surface area contributed by atoms with E-state index in [4.69, 9.17) is 20.9 Å². The first-order valence-electron chi connectivity index (χ1n) is 9.40. The number of nitrogens with two attached hydrogens (primary N) is 2. The number of benzene rings is 2. The summed E-state index contributed by atoms with van der Waals surface area (Å²) in [5, 5.41) is 4.25. The Labute approximate surface area is 172 Å². The van der Waals surface area contributed by atoms with Gasteiger partial charge in [-0.25, -0.2) is 4.79 Å². The van der Waals surface area contributed by atoms with Crippen LogP contribution in [0.15, 0.2) is 72.1 Å². The molecule has 0 saturated carbocycles. The topological polar surface area (TPSA) is 122 Å². The minimum atomic E-state index is -0.689. The van der Waals surface area contributed by atoms with Gasteiger partial charge in [0, 0.05) is 5.56 Å². The monoisotopic (exact) mass is 404 g/mol. The molecule has 1 unspecified atom stereocenters. The molecule has 0 spiro atoms. The molecule has 1 atom stereocenters. The molecule has 0 bridgehead atoms. The zero-order chi connectivity index (χ0) is 21.3. The van der Waals surface area contributed by atoms with Crippen molar-refractivity contribution >= 4 is 17.7 Å². The van der Waals surface area contributed by atoms with Crippen LogP contribution >= 0.6 is 0 Å². The SMILES string of the molecule is CCOC(=O)C1=C(N)Oc2nn(C(=O)c3ccccc3)c(N)c2C1c1ccccc1. The Bertz CT molecular complexity index is 1140. The second kappa shape index (κ2) is 7.75. The summed E-state index contributed by atoms with van der Waals surface area (Å²) in [5.74, 6) is -1.71. The van der Waals surface area contributed by atoms with Gasteiger partial charge in [-0.3, -0.25) is 4.79 Å². The number of aromatic nitrogens is 2. The number of carbonyl (C=O) groups is 2. The minimum Gasteiger partial charge on any atom is -0.462 e. The number of carbonyl (C=O) groups excluding carboxylic acids is 2. The fraction of sp³-hybridized carbons (Fsp3) is 0.136. The third kappa shape index (κ3) is 3.18. The molecule has 1 aromatic heterocycles. The van der Waals surface area contributed by atoms with Crippen LogP contribution in [0.5, 0.6) is 5.88 Å². The standard InChI is InChI=1S/C22H20N4O4/c1-2-29-22(28)17-15(13-9-5-3-6-10-13)16-18(23)26(25-20(16)30-19(17)24)21(27)14-11-7-4-8-12-14/h3-12,15H,2,23-24H2,1H3. The summed E-state index contributed by atoms with van der Waals surface area (Å²) in [7, 11) is 0. The lowest BCUT2D eigenvalue weighted by Gasteiger charge is -2.25. The van der Waals surface area contributed by atoms with Crippen molar-refractivity contribution in [2.24, 2.45) is 5.73 Å². The van der Waals surface area contributed by atoms with Crippen LogP contribution in [-0.2, 0) is 9.53 Å². The van der Waals surface area contributed by atoms with Gasteiger partial charge in [0.25, 0.3) is 5.91 Å². The Balaban J connectivity index is 1.88. The van der Waals surface area contributed by atoms with Gasteiger partial charge in [-0.2, -0.15) is 4.68 Å². The fourth-order valence-electron chi connectivity index (χ4n) is 3.48. The maximum atomic E-state index is 13.0. The smallest absolute Gasteiger partial charge is 0.340 e. The molecule has 0 amide bonds. The fourth-order valence-corrected chi connectivity index (χ4v) is 3.48. The van der Waals surface area contributed by atoms with Gasteiger partial charge in [-0.1, -0.05) is 48.5 Å². The van der Waals surface area contributed by atoms with Crippen molar-refractivity contribution in [2.75, 3.05) is 12.3 Å². The van der Waals surface area contributed by atoms with Gasteiger partial charge in [0.2, 0.25) is 11.8 Å². The summed E-state index contributed by atoms with van der Waals surface area (Å²) in [6.07, 6.45) is 0. The van der Waals surface area contributed by atoms with Crippen molar-refractivity contribution in [1.29, 1.82) is 0 Å². The van der Waals surface area contributed by atoms with Gasteiger partial charge in [-0.05, 0) is 24.6 Å². The average molecular weight is 404 g/mol. The first kappa shape index (κ1) is 19.3. The van der Waals surface area contributed by atoms with E-state index in [1.807, 2.05) is 30.3 Å². The van der Waals surface area contributed by atoms with Crippen molar-refractivity contribution in [3.8, 4) is 5.88 Å². The predicted octanol–water partition coefficient (Wildman–Crippen LogP) is 2.41. The van der Waals surface area contributed by atoms with Crippen LogP contribution in [0.3, 0.4) is 0 Å². The summed E-state index contributed by atoms with van der Waals surface area (Å²) >= 11 is 0. The van der Waals surface area contributed by atoms with Crippen LogP contribution in [-0.4, -0.2) is 28.3 Å². The molecule has 8 nitrogen and oxygen atoms in total. The number of hydrogen-bond acceptors (Lipinski definition) is 7. The number of nitrogen functional groups attached to an aromatic ring is 1. The zero-order valence-corrected chi connectivity index (χ0v) is 16.2. The third-order valence-electron chi connectivity index (χ3n) is 4.82. The van der Waals surface area contributed by atoms with Gasteiger partial charge in [0.1, 0.15) is 11.4 Å². The maximum absolute atomic E-state index is 13.0. The second-order valence-corrected chi connectivity index (χ2v) is 6.63. The van der Waals surface area contributed by atoms with Gasteiger partial charge in [0.05, 0.1) is 18.1 Å². The molecule has 0 aliphatic carbocycles. The quantitative estimate of drug-likeness (QED) is 0.640. The van der Waals surface area contributed by atoms with Crippen LogP contribution < -0.4 is 16.2 Å². The summed E-state index contributed by atoms with van der Waals surface area (Å²) in [4.78, 5) is 25.7. The highest BCUT2D eigenvalue weighted by molar-refractivity contribution is 5.98. The number of hydrogen-bond donors (Lipinski definition) is 2. The van der Waals surface area contributed by atoms with E-state index in [1.54, 1.807) is 37.3 Å². The van der Waals surface area contributed by atoms with Crippen molar-refractivity contribution < 1.29 is 19.1 Å². The first-order chi connectivity index (χ1) is 14.5. The van der Waals surface area contributed by atoms with Gasteiger partial charge in [0.15, 0.2) is 0 Å². The highest BCUT2D eigenvalue weighted by atomic mass is 16.5. The van der Waals surface area contributed by atoms with Gasteiger partial charge >= 0.3 is 5.97 Å². The van der Waals surface area contributed by atoms with Crippen LogP contribution in [0.4, 0.5) is 5.82 Å². The van der Waals surface area contributed by atoms with Gasteiger partial charge < -0.3 is 20.9 Å². The van der Waals surface area contributed by atoms with E-state index in [0.29, 0.717) is 11.1 Å². The Kier molecular flexibility index (Phi) is 4.97. The Hall–Kier alpha value is -4.07. The minimum absolute atomic E-state index is 0.0713. The first-order valence-corrected chi connectivity index (χ1v) is 9.40. The number of nitrogens with zero attached hydrogens (tertiary/aromatic N) is 2. The average Bonchev–Trinajstić information content (AvgIpc) is 3.09. The lowest BCUT2D eigenvalue weighted by atomic mass is 9.84. The molecule has 4 N–H and O–H groups in total. The largest absolute Gasteiger partial charge is 0.462 e. The van der Waals surface area contributed by atoms with E-state index in [0.717, 1.165) is 10.2 Å². The van der Waals surface area contributed by atoms with Crippen LogP contribution in [0, 0.1) is 0 Å². The molecule has 4 rings (SSSR count). The molecule has 1 aliphatic rings. The third-order valence-corrected chi connectivity index (χ3v) is 4.82. The number of anilines is 1. The molecule has 2 aromatic carbocycles. The molecule has 8 heteroatoms. The van der Waals surface area contributed by atoms with E-state index in [2.05, 4.69) is 5.10 Å². The zero-order valence-electron chi connectivity index (χ0n) is 16.2. The lowest BCUT2D eigenvalue weighted by Crippen LogP contribution is -2.27. The molecule has 2 heterocycles. The number of fused-ring (bicyclic) bond motifs is 1. The highest BCUT2D eigenvalue weighted by Crippen LogP contribution is 2.45. The number of ether oxygens (including phenoxy) is 2. The van der Waals surface area contributed by atoms with Crippen LogP contribution in [0.1, 0.15) is 34.3 Å². The normalized spacial score (nSPS) is 15.3. The number of rotatable bonds is 4. The van der Waals surface area contributed by atoms with Crippen molar-refractivity contribution in [3.63, 3.8) is 0 Å². The number of esters is 1. The van der Waals surface area contributed by atoms with E-state index in [1.165, 1.54) is 0 Å². The predicted molar refractivity (Wildman–Crippen MR) is 110 cm³/mol. The van der Waals surface area contributed by atoms with E-state index in [-0.39, 0.29) is 29.8 Å². The molecule has 0 radical (unpaired) electrons. The molecular formula is C22H20N4O4. The van der Waals surface area contributed by atoms with Crippen molar-refractivity contribution in [3.05, 3.63) is 88.8 Å². The highest BCUT2D eigenvalue weighted by Gasteiger charge is 2.40.